The maximum Gasteiger partial charge on any atom is 0.0857 e. The Balaban J connectivity index is 2.03. The van der Waals surface area contributed by atoms with Crippen LogP contribution in [0.4, 0.5) is 11.4 Å². The van der Waals surface area contributed by atoms with Crippen LogP contribution in [0.5, 0.6) is 0 Å². The molecule has 0 aromatic heterocycles. The predicted molar refractivity (Wildman–Crippen MR) is 89.7 cm³/mol. The van der Waals surface area contributed by atoms with Crippen molar-refractivity contribution in [2.24, 2.45) is 16.1 Å². The molecular weight excluding hydrogens is 256 g/mol. The third kappa shape index (κ3) is 4.82. The van der Waals surface area contributed by atoms with Crippen LogP contribution in [-0.4, -0.2) is 0 Å². The second kappa shape index (κ2) is 7.16. The first-order valence-electron chi connectivity index (χ1n) is 7.65. The van der Waals surface area contributed by atoms with E-state index in [0.717, 1.165) is 17.8 Å². The Morgan fingerprint density at radius 1 is 0.714 bits per heavy atom. The lowest BCUT2D eigenvalue weighted by molar-refractivity contribution is 0.647. The van der Waals surface area contributed by atoms with Crippen molar-refractivity contribution < 1.29 is 0 Å². The van der Waals surface area contributed by atoms with E-state index in [4.69, 9.17) is 0 Å². The molecule has 0 aliphatic carbocycles. The van der Waals surface area contributed by atoms with Gasteiger partial charge >= 0.3 is 0 Å². The van der Waals surface area contributed by atoms with Crippen molar-refractivity contribution in [1.82, 2.24) is 0 Å². The number of azo groups is 1. The summed E-state index contributed by atoms with van der Waals surface area (Å²) < 4.78 is 0. The van der Waals surface area contributed by atoms with Gasteiger partial charge in [0.05, 0.1) is 11.4 Å². The largest absolute Gasteiger partial charge is 0.151 e. The average Bonchev–Trinajstić information content (AvgIpc) is 2.46. The maximum absolute atomic E-state index is 4.30. The minimum atomic E-state index is 0.546. The average molecular weight is 280 g/mol. The van der Waals surface area contributed by atoms with Crippen LogP contribution in [0.25, 0.3) is 0 Å². The summed E-state index contributed by atoms with van der Waals surface area (Å²) in [6.07, 6.45) is 1.11. The van der Waals surface area contributed by atoms with E-state index < -0.39 is 0 Å². The molecule has 110 valence electrons. The molecule has 0 spiro atoms. The van der Waals surface area contributed by atoms with Crippen LogP contribution in [0.1, 0.15) is 44.7 Å². The summed E-state index contributed by atoms with van der Waals surface area (Å²) in [5.74, 6) is 1.22. The van der Waals surface area contributed by atoms with Crippen LogP contribution in [0.3, 0.4) is 0 Å². The minimum absolute atomic E-state index is 0.546. The van der Waals surface area contributed by atoms with E-state index in [0.29, 0.717) is 11.8 Å². The molecule has 0 atom stereocenters. The quantitative estimate of drug-likeness (QED) is 0.564. The molecule has 0 fully saturated rings. The molecule has 2 rings (SSSR count). The SMILES string of the molecule is CC(C)Cc1ccc(/N=N\c2ccc(C(C)C)cc2)cc1. The van der Waals surface area contributed by atoms with Crippen molar-refractivity contribution in [3.8, 4) is 0 Å². The molecule has 0 radical (unpaired) electrons. The number of benzene rings is 2. The standard InChI is InChI=1S/C19H24N2/c1-14(2)13-16-5-9-18(10-6-16)20-21-19-11-7-17(8-12-19)15(3)4/h5-12,14-15H,13H2,1-4H3/b21-20-. The minimum Gasteiger partial charge on any atom is -0.151 e. The topological polar surface area (TPSA) is 24.7 Å². The Kier molecular flexibility index (Phi) is 5.26. The Morgan fingerprint density at radius 2 is 1.19 bits per heavy atom. The fourth-order valence-corrected chi connectivity index (χ4v) is 2.21. The third-order valence-electron chi connectivity index (χ3n) is 3.42. The summed E-state index contributed by atoms with van der Waals surface area (Å²) >= 11 is 0. The molecule has 0 amide bonds. The Hall–Kier alpha value is -1.96. The summed E-state index contributed by atoms with van der Waals surface area (Å²) in [7, 11) is 0. The smallest absolute Gasteiger partial charge is 0.0857 e. The number of nitrogens with zero attached hydrogens (tertiary/aromatic N) is 2. The molecule has 0 unspecified atom stereocenters. The van der Waals surface area contributed by atoms with E-state index in [1.54, 1.807) is 0 Å². The Morgan fingerprint density at radius 3 is 1.62 bits per heavy atom. The Bertz CT molecular complexity index is 578. The molecule has 0 aliphatic heterocycles. The first-order valence-corrected chi connectivity index (χ1v) is 7.65. The third-order valence-corrected chi connectivity index (χ3v) is 3.42. The predicted octanol–water partition coefficient (Wildman–Crippen LogP) is 6.42. The lowest BCUT2D eigenvalue weighted by atomic mass is 10.0. The summed E-state index contributed by atoms with van der Waals surface area (Å²) in [4.78, 5) is 0. The van der Waals surface area contributed by atoms with Crippen LogP contribution in [0.2, 0.25) is 0 Å². The lowest BCUT2D eigenvalue weighted by Crippen LogP contribution is -1.92. The molecule has 2 aromatic rings. The first kappa shape index (κ1) is 15.4. The van der Waals surface area contributed by atoms with Crippen molar-refractivity contribution >= 4 is 11.4 Å². The highest BCUT2D eigenvalue weighted by Crippen LogP contribution is 2.22. The van der Waals surface area contributed by atoms with Crippen LogP contribution in [-0.2, 0) is 6.42 Å². The molecule has 21 heavy (non-hydrogen) atoms. The molecule has 0 saturated carbocycles. The molecule has 2 aromatic carbocycles. The van der Waals surface area contributed by atoms with Gasteiger partial charge < -0.3 is 0 Å². The molecule has 0 bridgehead atoms. The molecular formula is C19H24N2. The van der Waals surface area contributed by atoms with Crippen molar-refractivity contribution in [3.05, 3.63) is 59.7 Å². The molecule has 0 N–H and O–H groups in total. The zero-order chi connectivity index (χ0) is 15.2. The molecule has 0 aliphatic rings. The van der Waals surface area contributed by atoms with E-state index in [9.17, 15) is 0 Å². The van der Waals surface area contributed by atoms with Crippen molar-refractivity contribution in [3.63, 3.8) is 0 Å². The van der Waals surface area contributed by atoms with Crippen molar-refractivity contribution in [2.45, 2.75) is 40.0 Å². The highest BCUT2D eigenvalue weighted by atomic mass is 15.1. The fraction of sp³-hybridized carbons (Fsp3) is 0.368. The highest BCUT2D eigenvalue weighted by Gasteiger charge is 1.99. The van der Waals surface area contributed by atoms with Gasteiger partial charge in [-0.25, -0.2) is 0 Å². The van der Waals surface area contributed by atoms with E-state index in [1.807, 2.05) is 24.3 Å². The maximum atomic E-state index is 4.30. The number of hydrogen-bond acceptors (Lipinski definition) is 2. The lowest BCUT2D eigenvalue weighted by Gasteiger charge is -2.05. The van der Waals surface area contributed by atoms with Crippen LogP contribution in [0, 0.1) is 5.92 Å². The molecule has 0 heterocycles. The van der Waals surface area contributed by atoms with Gasteiger partial charge in [-0.15, -0.1) is 0 Å². The van der Waals surface area contributed by atoms with Crippen molar-refractivity contribution in [1.29, 1.82) is 0 Å². The van der Waals surface area contributed by atoms with E-state index in [-0.39, 0.29) is 0 Å². The summed E-state index contributed by atoms with van der Waals surface area (Å²) in [5.41, 5.74) is 4.47. The van der Waals surface area contributed by atoms with Gasteiger partial charge in [0, 0.05) is 0 Å². The van der Waals surface area contributed by atoms with Crippen molar-refractivity contribution in [2.75, 3.05) is 0 Å². The highest BCUT2D eigenvalue weighted by molar-refractivity contribution is 5.42. The monoisotopic (exact) mass is 280 g/mol. The van der Waals surface area contributed by atoms with Gasteiger partial charge in [-0.05, 0) is 53.6 Å². The zero-order valence-corrected chi connectivity index (χ0v) is 13.4. The molecule has 2 nitrogen and oxygen atoms in total. The number of rotatable bonds is 5. The van der Waals surface area contributed by atoms with Crippen LogP contribution < -0.4 is 0 Å². The summed E-state index contributed by atoms with van der Waals surface area (Å²) in [6.45, 7) is 8.84. The van der Waals surface area contributed by atoms with E-state index >= 15 is 0 Å². The molecule has 2 heteroatoms. The van der Waals surface area contributed by atoms with E-state index in [2.05, 4.69) is 62.2 Å². The summed E-state index contributed by atoms with van der Waals surface area (Å²) in [6, 6.07) is 16.6. The molecule has 0 saturated heterocycles. The second-order valence-electron chi connectivity index (χ2n) is 6.21. The fourth-order valence-electron chi connectivity index (χ4n) is 2.21. The Labute approximate surface area is 127 Å². The van der Waals surface area contributed by atoms with Gasteiger partial charge in [-0.3, -0.25) is 0 Å². The van der Waals surface area contributed by atoms with Gasteiger partial charge in [-0.1, -0.05) is 52.0 Å². The first-order chi connectivity index (χ1) is 10.0. The van der Waals surface area contributed by atoms with Gasteiger partial charge in [-0.2, -0.15) is 10.2 Å². The zero-order valence-electron chi connectivity index (χ0n) is 13.4. The number of hydrogen-bond donors (Lipinski definition) is 0. The second-order valence-corrected chi connectivity index (χ2v) is 6.21. The van der Waals surface area contributed by atoms with Gasteiger partial charge in [0.15, 0.2) is 0 Å². The van der Waals surface area contributed by atoms with Gasteiger partial charge in [0.25, 0.3) is 0 Å². The normalized spacial score (nSPS) is 11.7. The van der Waals surface area contributed by atoms with Gasteiger partial charge in [0.2, 0.25) is 0 Å². The summed E-state index contributed by atoms with van der Waals surface area (Å²) in [5, 5.41) is 8.59. The van der Waals surface area contributed by atoms with E-state index in [1.165, 1.54) is 11.1 Å². The van der Waals surface area contributed by atoms with Gasteiger partial charge in [0.1, 0.15) is 0 Å². The van der Waals surface area contributed by atoms with Crippen LogP contribution in [0.15, 0.2) is 58.8 Å². The van der Waals surface area contributed by atoms with Crippen LogP contribution >= 0.6 is 0 Å².